The number of aromatic hydroxyl groups is 1. The molecule has 2 atom stereocenters. The van der Waals surface area contributed by atoms with E-state index >= 15 is 0 Å². The number of fused-ring (bicyclic) bond motifs is 2. The Bertz CT molecular complexity index is 769. The maximum atomic E-state index is 13.1. The van der Waals surface area contributed by atoms with E-state index in [0.717, 1.165) is 12.0 Å². The number of carbonyl (C=O) groups excluding carboxylic acids is 1. The molecule has 22 heavy (non-hydrogen) atoms. The number of ether oxygens (including phenoxy) is 1. The maximum Gasteiger partial charge on any atom is 0.174 e. The fraction of sp³-hybridized carbons (Fsp3) is 0.316. The molecule has 1 aliphatic heterocycles. The van der Waals surface area contributed by atoms with Crippen LogP contribution in [0.2, 0.25) is 0 Å². The average molecular weight is 294 g/mol. The molecule has 3 aliphatic rings. The minimum absolute atomic E-state index is 0.0759. The zero-order valence-corrected chi connectivity index (χ0v) is 12.6. The average Bonchev–Trinajstić information content (AvgIpc) is 2.53. The Balaban J connectivity index is 2.08. The Morgan fingerprint density at radius 1 is 1.45 bits per heavy atom. The highest BCUT2D eigenvalue weighted by Crippen LogP contribution is 2.56. The highest BCUT2D eigenvalue weighted by atomic mass is 16.5. The van der Waals surface area contributed by atoms with Crippen molar-refractivity contribution in [3.8, 4) is 5.75 Å². The number of ketones is 1. The Hall–Kier alpha value is -2.29. The number of phenolic OH excluding ortho intramolecular Hbond substituents is 1. The summed E-state index contributed by atoms with van der Waals surface area (Å²) in [4.78, 5) is 13.1. The van der Waals surface area contributed by atoms with Crippen molar-refractivity contribution in [1.82, 2.24) is 0 Å². The second-order valence-electron chi connectivity index (χ2n) is 6.41. The third-order valence-corrected chi connectivity index (χ3v) is 5.24. The van der Waals surface area contributed by atoms with E-state index in [4.69, 9.17) is 4.74 Å². The van der Waals surface area contributed by atoms with Crippen molar-refractivity contribution in [2.45, 2.75) is 19.8 Å². The summed E-state index contributed by atoms with van der Waals surface area (Å²) >= 11 is 0. The van der Waals surface area contributed by atoms with Gasteiger partial charge in [-0.3, -0.25) is 4.79 Å². The molecule has 0 fully saturated rings. The third-order valence-electron chi connectivity index (χ3n) is 5.24. The van der Waals surface area contributed by atoms with E-state index in [1.807, 2.05) is 13.0 Å². The van der Waals surface area contributed by atoms with Crippen molar-refractivity contribution in [1.29, 1.82) is 0 Å². The Morgan fingerprint density at radius 2 is 2.27 bits per heavy atom. The van der Waals surface area contributed by atoms with Crippen LogP contribution in [0.15, 0.2) is 48.1 Å². The number of Topliss-reactive ketones (excluding diaryl/α,β-unsaturated/α-hetero) is 1. The molecule has 112 valence electrons. The summed E-state index contributed by atoms with van der Waals surface area (Å²) in [5, 5.41) is 10.3. The van der Waals surface area contributed by atoms with E-state index in [9.17, 15) is 9.90 Å². The topological polar surface area (TPSA) is 46.5 Å². The summed E-state index contributed by atoms with van der Waals surface area (Å²) in [6.07, 6.45) is 5.52. The van der Waals surface area contributed by atoms with Gasteiger partial charge in [0.2, 0.25) is 0 Å². The molecule has 3 nitrogen and oxygen atoms in total. The van der Waals surface area contributed by atoms with Crippen molar-refractivity contribution < 1.29 is 14.6 Å². The predicted molar refractivity (Wildman–Crippen MR) is 84.4 cm³/mol. The van der Waals surface area contributed by atoms with Crippen LogP contribution in [0.5, 0.6) is 5.75 Å². The van der Waals surface area contributed by atoms with Crippen LogP contribution in [0.1, 0.15) is 35.7 Å². The van der Waals surface area contributed by atoms with E-state index in [0.29, 0.717) is 29.9 Å². The number of benzene rings is 1. The summed E-state index contributed by atoms with van der Waals surface area (Å²) in [6, 6.07) is 5.11. The van der Waals surface area contributed by atoms with Crippen LogP contribution >= 0.6 is 0 Å². The van der Waals surface area contributed by atoms with E-state index in [2.05, 4.69) is 12.7 Å². The monoisotopic (exact) mass is 294 g/mol. The minimum Gasteiger partial charge on any atom is -0.507 e. The van der Waals surface area contributed by atoms with E-state index in [1.54, 1.807) is 18.2 Å². The van der Waals surface area contributed by atoms with Crippen LogP contribution in [-0.2, 0) is 4.74 Å². The van der Waals surface area contributed by atoms with Gasteiger partial charge in [-0.05, 0) is 37.0 Å². The maximum absolute atomic E-state index is 13.1. The minimum atomic E-state index is -0.576. The first-order valence-electron chi connectivity index (χ1n) is 7.65. The Labute approximate surface area is 129 Å². The Morgan fingerprint density at radius 3 is 3.05 bits per heavy atom. The molecule has 1 heterocycles. The number of hydrogen-bond acceptors (Lipinski definition) is 3. The molecule has 0 saturated carbocycles. The SMILES string of the molecule is C=CC1=CC[C@@]2(C)C(=O)c3cccc(O)c3C3=C2[C@H]1CCO3. The summed E-state index contributed by atoms with van der Waals surface area (Å²) < 4.78 is 5.94. The lowest BCUT2D eigenvalue weighted by molar-refractivity contribution is 0.0813. The van der Waals surface area contributed by atoms with Crippen LogP contribution in [0.25, 0.3) is 5.76 Å². The van der Waals surface area contributed by atoms with Gasteiger partial charge in [0, 0.05) is 11.5 Å². The van der Waals surface area contributed by atoms with Crippen molar-refractivity contribution in [3.63, 3.8) is 0 Å². The lowest BCUT2D eigenvalue weighted by Crippen LogP contribution is -2.42. The van der Waals surface area contributed by atoms with Crippen molar-refractivity contribution in [2.24, 2.45) is 11.3 Å². The van der Waals surface area contributed by atoms with E-state index in [-0.39, 0.29) is 17.5 Å². The van der Waals surface area contributed by atoms with Gasteiger partial charge in [0.1, 0.15) is 11.5 Å². The largest absolute Gasteiger partial charge is 0.507 e. The second-order valence-corrected chi connectivity index (χ2v) is 6.41. The van der Waals surface area contributed by atoms with Crippen LogP contribution < -0.4 is 0 Å². The highest BCUT2D eigenvalue weighted by Gasteiger charge is 2.51. The molecular weight excluding hydrogens is 276 g/mol. The number of carbonyl (C=O) groups is 1. The first-order chi connectivity index (χ1) is 10.6. The number of rotatable bonds is 1. The molecule has 0 unspecified atom stereocenters. The molecule has 0 radical (unpaired) electrons. The molecule has 0 amide bonds. The summed E-state index contributed by atoms with van der Waals surface area (Å²) in [7, 11) is 0. The summed E-state index contributed by atoms with van der Waals surface area (Å²) in [5.41, 5.74) is 2.75. The molecule has 0 bridgehead atoms. The highest BCUT2D eigenvalue weighted by molar-refractivity contribution is 6.10. The van der Waals surface area contributed by atoms with Gasteiger partial charge in [-0.15, -0.1) is 0 Å². The van der Waals surface area contributed by atoms with Gasteiger partial charge < -0.3 is 9.84 Å². The zero-order chi connectivity index (χ0) is 15.5. The summed E-state index contributed by atoms with van der Waals surface area (Å²) in [5.74, 6) is 1.06. The lowest BCUT2D eigenvalue weighted by Gasteiger charge is -2.46. The van der Waals surface area contributed by atoms with Crippen LogP contribution in [0.3, 0.4) is 0 Å². The molecule has 2 aliphatic carbocycles. The molecule has 4 rings (SSSR count). The number of allylic oxidation sites excluding steroid dienone is 4. The van der Waals surface area contributed by atoms with Gasteiger partial charge in [0.05, 0.1) is 17.6 Å². The predicted octanol–water partition coefficient (Wildman–Crippen LogP) is 3.86. The normalized spacial score (nSPS) is 29.2. The van der Waals surface area contributed by atoms with Gasteiger partial charge in [-0.2, -0.15) is 0 Å². The smallest absolute Gasteiger partial charge is 0.174 e. The van der Waals surface area contributed by atoms with Gasteiger partial charge in [0.25, 0.3) is 0 Å². The fourth-order valence-corrected chi connectivity index (χ4v) is 4.11. The lowest BCUT2D eigenvalue weighted by atomic mass is 9.59. The summed E-state index contributed by atoms with van der Waals surface area (Å²) in [6.45, 7) is 6.49. The first-order valence-corrected chi connectivity index (χ1v) is 7.65. The zero-order valence-electron chi connectivity index (χ0n) is 12.6. The van der Waals surface area contributed by atoms with Crippen molar-refractivity contribution >= 4 is 11.5 Å². The molecule has 0 spiro atoms. The van der Waals surface area contributed by atoms with Crippen molar-refractivity contribution in [2.75, 3.05) is 6.61 Å². The standard InChI is InChI=1S/C19H18O3/c1-3-11-7-9-19(2)16-12(11)8-10-22-17(16)15-13(18(19)21)5-4-6-14(15)20/h3-7,12,20H,1,8-10H2,2H3/t12-,19+/m0/s1. The molecule has 3 heteroatoms. The fourth-order valence-electron chi connectivity index (χ4n) is 4.11. The third kappa shape index (κ3) is 1.48. The van der Waals surface area contributed by atoms with Gasteiger partial charge >= 0.3 is 0 Å². The molecule has 1 aromatic carbocycles. The van der Waals surface area contributed by atoms with E-state index < -0.39 is 5.41 Å². The van der Waals surface area contributed by atoms with E-state index in [1.165, 1.54) is 5.57 Å². The molecular formula is C19H18O3. The Kier molecular flexibility index (Phi) is 2.65. The van der Waals surface area contributed by atoms with Crippen LogP contribution in [-0.4, -0.2) is 17.5 Å². The second kappa shape index (κ2) is 4.35. The van der Waals surface area contributed by atoms with Crippen LogP contribution in [0.4, 0.5) is 0 Å². The van der Waals surface area contributed by atoms with Gasteiger partial charge in [0.15, 0.2) is 5.78 Å². The number of phenols is 1. The first kappa shape index (κ1) is 13.4. The van der Waals surface area contributed by atoms with Gasteiger partial charge in [-0.1, -0.05) is 30.9 Å². The molecule has 0 aromatic heterocycles. The molecule has 0 saturated heterocycles. The number of hydrogen-bond donors (Lipinski definition) is 1. The van der Waals surface area contributed by atoms with Gasteiger partial charge in [-0.25, -0.2) is 0 Å². The van der Waals surface area contributed by atoms with Crippen molar-refractivity contribution in [3.05, 3.63) is 59.2 Å². The van der Waals surface area contributed by atoms with Crippen LogP contribution in [0, 0.1) is 11.3 Å². The molecule has 1 N–H and O–H groups in total. The quantitative estimate of drug-likeness (QED) is 0.855. The molecule has 1 aromatic rings.